The molecule has 0 saturated carbocycles. The van der Waals surface area contributed by atoms with Crippen LogP contribution in [0.1, 0.15) is 36.5 Å². The first-order valence-corrected chi connectivity index (χ1v) is 11.5. The highest BCUT2D eigenvalue weighted by atomic mass is 127. The molecule has 2 rings (SSSR count). The molecule has 0 aliphatic carbocycles. The number of hydrogen-bond donors (Lipinski definition) is 1. The summed E-state index contributed by atoms with van der Waals surface area (Å²) >= 11 is 1.82. The molecule has 0 radical (unpaired) electrons. The Kier molecular flexibility index (Phi) is 11.0. The molecule has 2 aromatic carbocycles. The standard InChI is InChI=1S/C26H31IO4/c1-4-21(17-28)8-6-14-30-18-22-9-5-10-25(20(22)3)24-13-12-23(16-19(24)2)31-15-7-11-26(27)29/h4-6,8-10,12-13,16,28H,7,11,14-15,17-18H2,1-3H3/b8-6-,21-4+. The maximum absolute atomic E-state index is 11.0. The molecule has 2 aromatic rings. The van der Waals surface area contributed by atoms with Crippen molar-refractivity contribution in [3.63, 3.8) is 0 Å². The smallest absolute Gasteiger partial charge is 0.192 e. The molecule has 0 heterocycles. The van der Waals surface area contributed by atoms with Crippen molar-refractivity contribution in [2.24, 2.45) is 0 Å². The molecule has 0 fully saturated rings. The Bertz CT molecular complexity index is 931. The Balaban J connectivity index is 2.02. The first-order valence-electron chi connectivity index (χ1n) is 10.5. The third-order valence-corrected chi connectivity index (χ3v) is 5.62. The van der Waals surface area contributed by atoms with Gasteiger partial charge >= 0.3 is 0 Å². The number of aryl methyl sites for hydroxylation is 1. The maximum atomic E-state index is 11.0. The number of hydrogen-bond acceptors (Lipinski definition) is 4. The Morgan fingerprint density at radius 2 is 1.97 bits per heavy atom. The van der Waals surface area contributed by atoms with Crippen LogP contribution in [-0.2, 0) is 16.1 Å². The quantitative estimate of drug-likeness (QED) is 0.155. The number of ether oxygens (including phenoxy) is 2. The second kappa shape index (κ2) is 13.5. The van der Waals surface area contributed by atoms with Crippen molar-refractivity contribution in [2.45, 2.75) is 40.2 Å². The third-order valence-electron chi connectivity index (χ3n) is 5.08. The van der Waals surface area contributed by atoms with Crippen LogP contribution in [-0.4, -0.2) is 28.7 Å². The molecule has 0 amide bonds. The number of rotatable bonds is 12. The second-order valence-electron chi connectivity index (χ2n) is 7.31. The van der Waals surface area contributed by atoms with Gasteiger partial charge in [-0.3, -0.25) is 4.79 Å². The van der Waals surface area contributed by atoms with E-state index in [1.807, 2.05) is 53.8 Å². The molecule has 4 nitrogen and oxygen atoms in total. The Morgan fingerprint density at radius 1 is 1.16 bits per heavy atom. The minimum atomic E-state index is 0.0371. The van der Waals surface area contributed by atoms with Gasteiger partial charge in [-0.15, -0.1) is 0 Å². The predicted molar refractivity (Wildman–Crippen MR) is 135 cm³/mol. The van der Waals surface area contributed by atoms with Gasteiger partial charge in [0.2, 0.25) is 0 Å². The highest BCUT2D eigenvalue weighted by Crippen LogP contribution is 2.31. The molecule has 1 N–H and O–H groups in total. The van der Waals surface area contributed by atoms with Crippen LogP contribution in [0, 0.1) is 13.8 Å². The zero-order valence-corrected chi connectivity index (χ0v) is 20.6. The van der Waals surface area contributed by atoms with Crippen LogP contribution in [0.5, 0.6) is 5.75 Å². The number of benzene rings is 2. The number of carbonyl (C=O) groups excluding carboxylic acids is 1. The van der Waals surface area contributed by atoms with E-state index in [0.717, 1.165) is 28.9 Å². The van der Waals surface area contributed by atoms with Crippen molar-refractivity contribution in [3.8, 4) is 16.9 Å². The van der Waals surface area contributed by atoms with Crippen LogP contribution in [0.2, 0.25) is 0 Å². The van der Waals surface area contributed by atoms with E-state index in [1.165, 1.54) is 16.7 Å². The summed E-state index contributed by atoms with van der Waals surface area (Å²) in [6, 6.07) is 12.4. The van der Waals surface area contributed by atoms with E-state index in [-0.39, 0.29) is 10.4 Å². The third kappa shape index (κ3) is 8.24. The van der Waals surface area contributed by atoms with Crippen molar-refractivity contribution in [2.75, 3.05) is 19.8 Å². The molecule has 0 aliphatic heterocycles. The normalized spacial score (nSPS) is 11.8. The van der Waals surface area contributed by atoms with E-state index in [0.29, 0.717) is 26.2 Å². The van der Waals surface area contributed by atoms with Crippen LogP contribution in [0.25, 0.3) is 11.1 Å². The second-order valence-corrected chi connectivity index (χ2v) is 8.52. The molecular formula is C26H31IO4. The van der Waals surface area contributed by atoms with Crippen molar-refractivity contribution < 1.29 is 19.4 Å². The van der Waals surface area contributed by atoms with Gasteiger partial charge in [0.15, 0.2) is 3.79 Å². The summed E-state index contributed by atoms with van der Waals surface area (Å²) in [5, 5.41) is 9.17. The number of halogens is 1. The lowest BCUT2D eigenvalue weighted by Gasteiger charge is -2.15. The van der Waals surface area contributed by atoms with E-state index in [2.05, 4.69) is 44.2 Å². The van der Waals surface area contributed by atoms with Crippen LogP contribution in [0.4, 0.5) is 0 Å². The van der Waals surface area contributed by atoms with Gasteiger partial charge in [-0.05, 0) is 95.3 Å². The molecule has 0 atom stereocenters. The highest BCUT2D eigenvalue weighted by molar-refractivity contribution is 14.1. The molecule has 0 aliphatic rings. The van der Waals surface area contributed by atoms with Crippen molar-refractivity contribution in [1.29, 1.82) is 0 Å². The van der Waals surface area contributed by atoms with Gasteiger partial charge in [0.1, 0.15) is 5.75 Å². The van der Waals surface area contributed by atoms with Crippen LogP contribution in [0.15, 0.2) is 60.2 Å². The zero-order valence-electron chi connectivity index (χ0n) is 18.5. The van der Waals surface area contributed by atoms with Crippen LogP contribution in [0.3, 0.4) is 0 Å². The molecular weight excluding hydrogens is 503 g/mol. The van der Waals surface area contributed by atoms with Gasteiger partial charge in [-0.1, -0.05) is 42.5 Å². The highest BCUT2D eigenvalue weighted by Gasteiger charge is 2.10. The molecule has 31 heavy (non-hydrogen) atoms. The van der Waals surface area contributed by atoms with Gasteiger partial charge in [0.05, 0.1) is 26.4 Å². The fraction of sp³-hybridized carbons (Fsp3) is 0.346. The van der Waals surface area contributed by atoms with E-state index in [1.54, 1.807) is 0 Å². The summed E-state index contributed by atoms with van der Waals surface area (Å²) < 4.78 is 11.8. The first-order chi connectivity index (χ1) is 15.0. The topological polar surface area (TPSA) is 55.8 Å². The lowest BCUT2D eigenvalue weighted by atomic mass is 9.94. The van der Waals surface area contributed by atoms with Crippen molar-refractivity contribution >= 4 is 26.4 Å². The molecule has 0 spiro atoms. The summed E-state index contributed by atoms with van der Waals surface area (Å²) in [4.78, 5) is 11.0. The van der Waals surface area contributed by atoms with E-state index < -0.39 is 0 Å². The van der Waals surface area contributed by atoms with E-state index in [9.17, 15) is 4.79 Å². The molecule has 166 valence electrons. The monoisotopic (exact) mass is 534 g/mol. The summed E-state index contributed by atoms with van der Waals surface area (Å²) in [6.45, 7) is 7.72. The number of allylic oxidation sites excluding steroid dienone is 1. The average Bonchev–Trinajstić information content (AvgIpc) is 2.75. The van der Waals surface area contributed by atoms with E-state index in [4.69, 9.17) is 14.6 Å². The van der Waals surface area contributed by atoms with Gasteiger partial charge in [0.25, 0.3) is 0 Å². The summed E-state index contributed by atoms with van der Waals surface area (Å²) in [5.74, 6) is 0.828. The lowest BCUT2D eigenvalue weighted by molar-refractivity contribution is -0.109. The van der Waals surface area contributed by atoms with Gasteiger partial charge in [0, 0.05) is 6.42 Å². The molecule has 0 saturated heterocycles. The van der Waals surface area contributed by atoms with Gasteiger partial charge in [-0.25, -0.2) is 0 Å². The molecule has 5 heteroatoms. The number of aliphatic hydroxyl groups is 1. The number of aliphatic hydroxyl groups excluding tert-OH is 1. The van der Waals surface area contributed by atoms with Crippen molar-refractivity contribution in [3.05, 3.63) is 76.9 Å². The lowest BCUT2D eigenvalue weighted by Crippen LogP contribution is -2.00. The minimum Gasteiger partial charge on any atom is -0.494 e. The average molecular weight is 534 g/mol. The first kappa shape index (κ1) is 25.3. The minimum absolute atomic E-state index is 0.0371. The molecule has 0 bridgehead atoms. The van der Waals surface area contributed by atoms with Crippen LogP contribution < -0.4 is 4.74 Å². The largest absolute Gasteiger partial charge is 0.494 e. The van der Waals surface area contributed by atoms with Gasteiger partial charge < -0.3 is 14.6 Å². The Labute approximate surface area is 199 Å². The zero-order chi connectivity index (χ0) is 22.6. The fourth-order valence-corrected chi connectivity index (χ4v) is 3.62. The SMILES string of the molecule is C/C=C(\C=C/COCc1cccc(-c2ccc(OCCCC(=O)I)cc2C)c1C)CO. The summed E-state index contributed by atoms with van der Waals surface area (Å²) in [6.07, 6.45) is 6.96. The van der Waals surface area contributed by atoms with Gasteiger partial charge in [-0.2, -0.15) is 0 Å². The van der Waals surface area contributed by atoms with Crippen molar-refractivity contribution in [1.82, 2.24) is 0 Å². The molecule has 0 unspecified atom stereocenters. The maximum Gasteiger partial charge on any atom is 0.192 e. The Morgan fingerprint density at radius 3 is 2.65 bits per heavy atom. The fourth-order valence-electron chi connectivity index (χ4n) is 3.24. The summed E-state index contributed by atoms with van der Waals surface area (Å²) in [7, 11) is 0. The van der Waals surface area contributed by atoms with Crippen LogP contribution >= 0.6 is 22.6 Å². The predicted octanol–water partition coefficient (Wildman–Crippen LogP) is 6.10. The molecule has 0 aromatic heterocycles. The summed E-state index contributed by atoms with van der Waals surface area (Å²) in [5.41, 5.74) is 6.75. The number of carbonyl (C=O) groups is 1. The van der Waals surface area contributed by atoms with E-state index >= 15 is 0 Å². The Hall–Kier alpha value is -1.96.